The number of nitrogens with two attached hydrogens (primary N) is 1. The second-order valence-corrected chi connectivity index (χ2v) is 4.56. The van der Waals surface area contributed by atoms with Crippen molar-refractivity contribution in [2.75, 3.05) is 31.4 Å². The van der Waals surface area contributed by atoms with Gasteiger partial charge in [0.25, 0.3) is 0 Å². The predicted molar refractivity (Wildman–Crippen MR) is 69.6 cm³/mol. The molecule has 1 fully saturated rings. The fourth-order valence-corrected chi connectivity index (χ4v) is 1.97. The van der Waals surface area contributed by atoms with Crippen LogP contribution in [0.3, 0.4) is 0 Å². The molecule has 1 aromatic carbocycles. The molecule has 0 aliphatic carbocycles. The number of esters is 1. The van der Waals surface area contributed by atoms with Gasteiger partial charge in [-0.25, -0.2) is 4.79 Å². The Labute approximate surface area is 106 Å². The Kier molecular flexibility index (Phi) is 3.72. The molecule has 5 heteroatoms. The standard InChI is InChI=1S/C13H18N2O3/c1-8-6-18-7-12(8)15-11-5-9(13(16)17-2)3-4-10(11)14/h3-5,8,12,15H,6-7,14H2,1-2H3/t8-,12+/m0/s1. The number of nitrogen functional groups attached to an aromatic ring is 1. The SMILES string of the molecule is COC(=O)c1ccc(N)c(N[C@@H]2COC[C@@H]2C)c1. The van der Waals surface area contributed by atoms with Gasteiger partial charge in [-0.05, 0) is 18.2 Å². The number of nitrogens with one attached hydrogen (secondary N) is 1. The Hall–Kier alpha value is -1.75. The van der Waals surface area contributed by atoms with Crippen LogP contribution in [0.4, 0.5) is 11.4 Å². The van der Waals surface area contributed by atoms with E-state index in [4.69, 9.17) is 15.2 Å². The molecule has 0 bridgehead atoms. The quantitative estimate of drug-likeness (QED) is 0.628. The summed E-state index contributed by atoms with van der Waals surface area (Å²) < 4.78 is 10.1. The summed E-state index contributed by atoms with van der Waals surface area (Å²) in [5.41, 5.74) is 7.75. The first-order valence-corrected chi connectivity index (χ1v) is 5.94. The van der Waals surface area contributed by atoms with Crippen LogP contribution >= 0.6 is 0 Å². The molecule has 2 atom stereocenters. The van der Waals surface area contributed by atoms with Crippen LogP contribution in [0.2, 0.25) is 0 Å². The highest BCUT2D eigenvalue weighted by molar-refractivity contribution is 5.92. The highest BCUT2D eigenvalue weighted by atomic mass is 16.5. The molecule has 2 rings (SSSR count). The maximum absolute atomic E-state index is 11.5. The number of ether oxygens (including phenoxy) is 2. The summed E-state index contributed by atoms with van der Waals surface area (Å²) in [4.78, 5) is 11.5. The van der Waals surface area contributed by atoms with Crippen molar-refractivity contribution in [2.24, 2.45) is 5.92 Å². The number of hydrogen-bond acceptors (Lipinski definition) is 5. The molecule has 1 aliphatic heterocycles. The normalized spacial score (nSPS) is 22.8. The lowest BCUT2D eigenvalue weighted by molar-refractivity contribution is 0.0601. The van der Waals surface area contributed by atoms with E-state index in [0.29, 0.717) is 23.8 Å². The van der Waals surface area contributed by atoms with E-state index in [2.05, 4.69) is 12.2 Å². The molecule has 18 heavy (non-hydrogen) atoms. The summed E-state index contributed by atoms with van der Waals surface area (Å²) in [6, 6.07) is 5.29. The summed E-state index contributed by atoms with van der Waals surface area (Å²) in [6.07, 6.45) is 0. The van der Waals surface area contributed by atoms with E-state index in [1.54, 1.807) is 18.2 Å². The Balaban J connectivity index is 2.18. The third-order valence-electron chi connectivity index (χ3n) is 3.18. The van der Waals surface area contributed by atoms with Gasteiger partial charge in [-0.1, -0.05) is 6.92 Å². The van der Waals surface area contributed by atoms with Crippen LogP contribution in [0.15, 0.2) is 18.2 Å². The predicted octanol–water partition coefficient (Wildman–Crippen LogP) is 1.50. The van der Waals surface area contributed by atoms with Gasteiger partial charge >= 0.3 is 5.97 Å². The van der Waals surface area contributed by atoms with Crippen LogP contribution < -0.4 is 11.1 Å². The van der Waals surface area contributed by atoms with Crippen LogP contribution in [-0.2, 0) is 9.47 Å². The Bertz CT molecular complexity index is 448. The first kappa shape index (κ1) is 12.7. The van der Waals surface area contributed by atoms with Gasteiger partial charge in [0.15, 0.2) is 0 Å². The Morgan fingerprint density at radius 1 is 1.50 bits per heavy atom. The third-order valence-corrected chi connectivity index (χ3v) is 3.18. The van der Waals surface area contributed by atoms with Crippen LogP contribution in [0.5, 0.6) is 0 Å². The molecule has 0 radical (unpaired) electrons. The molecular weight excluding hydrogens is 232 g/mol. The second-order valence-electron chi connectivity index (χ2n) is 4.56. The van der Waals surface area contributed by atoms with Crippen LogP contribution in [0.1, 0.15) is 17.3 Å². The van der Waals surface area contributed by atoms with Gasteiger partial charge in [-0.3, -0.25) is 0 Å². The fourth-order valence-electron chi connectivity index (χ4n) is 1.97. The molecule has 1 aromatic rings. The topological polar surface area (TPSA) is 73.6 Å². The van der Waals surface area contributed by atoms with Crippen LogP contribution in [-0.4, -0.2) is 32.3 Å². The van der Waals surface area contributed by atoms with Crippen molar-refractivity contribution in [3.63, 3.8) is 0 Å². The monoisotopic (exact) mass is 250 g/mol. The van der Waals surface area contributed by atoms with E-state index >= 15 is 0 Å². The zero-order valence-electron chi connectivity index (χ0n) is 10.6. The van der Waals surface area contributed by atoms with Crippen molar-refractivity contribution in [3.8, 4) is 0 Å². The number of anilines is 2. The molecular formula is C13H18N2O3. The Morgan fingerprint density at radius 3 is 2.89 bits per heavy atom. The smallest absolute Gasteiger partial charge is 0.337 e. The van der Waals surface area contributed by atoms with Gasteiger partial charge in [-0.2, -0.15) is 0 Å². The summed E-state index contributed by atoms with van der Waals surface area (Å²) in [5, 5.41) is 3.32. The first-order chi connectivity index (χ1) is 8.61. The van der Waals surface area contributed by atoms with E-state index in [1.165, 1.54) is 7.11 Å². The summed E-state index contributed by atoms with van der Waals surface area (Å²) in [7, 11) is 1.36. The highest BCUT2D eigenvalue weighted by Crippen LogP contribution is 2.25. The second kappa shape index (κ2) is 5.27. The van der Waals surface area contributed by atoms with Crippen LogP contribution in [0.25, 0.3) is 0 Å². The van der Waals surface area contributed by atoms with Crippen molar-refractivity contribution in [1.82, 2.24) is 0 Å². The van der Waals surface area contributed by atoms with Gasteiger partial charge in [-0.15, -0.1) is 0 Å². The molecule has 1 saturated heterocycles. The number of hydrogen-bond donors (Lipinski definition) is 2. The average molecular weight is 250 g/mol. The largest absolute Gasteiger partial charge is 0.465 e. The van der Waals surface area contributed by atoms with E-state index in [1.807, 2.05) is 0 Å². The molecule has 0 spiro atoms. The molecule has 0 saturated carbocycles. The number of benzene rings is 1. The van der Waals surface area contributed by atoms with Gasteiger partial charge in [0.2, 0.25) is 0 Å². The average Bonchev–Trinajstić information content (AvgIpc) is 2.77. The molecule has 0 aromatic heterocycles. The lowest BCUT2D eigenvalue weighted by Crippen LogP contribution is -2.26. The van der Waals surface area contributed by atoms with Gasteiger partial charge in [0, 0.05) is 5.92 Å². The molecule has 1 aliphatic rings. The van der Waals surface area contributed by atoms with Crippen molar-refractivity contribution in [2.45, 2.75) is 13.0 Å². The third kappa shape index (κ3) is 2.56. The minimum atomic E-state index is -0.367. The number of carbonyl (C=O) groups excluding carboxylic acids is 1. The van der Waals surface area contributed by atoms with E-state index < -0.39 is 0 Å². The molecule has 0 unspecified atom stereocenters. The molecule has 0 amide bonds. The lowest BCUT2D eigenvalue weighted by atomic mass is 10.1. The minimum absolute atomic E-state index is 0.222. The molecule has 1 heterocycles. The number of carbonyl (C=O) groups is 1. The van der Waals surface area contributed by atoms with E-state index in [0.717, 1.165) is 12.3 Å². The van der Waals surface area contributed by atoms with Crippen molar-refractivity contribution < 1.29 is 14.3 Å². The maximum atomic E-state index is 11.5. The number of rotatable bonds is 3. The molecule has 5 nitrogen and oxygen atoms in total. The van der Waals surface area contributed by atoms with Gasteiger partial charge in [0.1, 0.15) is 0 Å². The van der Waals surface area contributed by atoms with Crippen molar-refractivity contribution >= 4 is 17.3 Å². The van der Waals surface area contributed by atoms with E-state index in [-0.39, 0.29) is 12.0 Å². The van der Waals surface area contributed by atoms with Crippen LogP contribution in [0, 0.1) is 5.92 Å². The summed E-state index contributed by atoms with van der Waals surface area (Å²) >= 11 is 0. The summed E-state index contributed by atoms with van der Waals surface area (Å²) in [5.74, 6) is 0.0555. The minimum Gasteiger partial charge on any atom is -0.465 e. The maximum Gasteiger partial charge on any atom is 0.337 e. The molecule has 3 N–H and O–H groups in total. The zero-order chi connectivity index (χ0) is 13.1. The van der Waals surface area contributed by atoms with Gasteiger partial charge in [0.05, 0.1) is 43.3 Å². The highest BCUT2D eigenvalue weighted by Gasteiger charge is 2.24. The van der Waals surface area contributed by atoms with E-state index in [9.17, 15) is 4.79 Å². The van der Waals surface area contributed by atoms with Gasteiger partial charge < -0.3 is 20.5 Å². The first-order valence-electron chi connectivity index (χ1n) is 5.94. The summed E-state index contributed by atoms with van der Waals surface area (Å²) in [6.45, 7) is 3.52. The molecule has 98 valence electrons. The lowest BCUT2D eigenvalue weighted by Gasteiger charge is -2.18. The van der Waals surface area contributed by atoms with Crippen molar-refractivity contribution in [1.29, 1.82) is 0 Å². The zero-order valence-corrected chi connectivity index (χ0v) is 10.6. The number of methoxy groups -OCH3 is 1. The van der Waals surface area contributed by atoms with Crippen molar-refractivity contribution in [3.05, 3.63) is 23.8 Å². The Morgan fingerprint density at radius 2 is 2.28 bits per heavy atom. The fraction of sp³-hybridized carbons (Fsp3) is 0.462.